The van der Waals surface area contributed by atoms with Gasteiger partial charge in [0.2, 0.25) is 17.7 Å². The van der Waals surface area contributed by atoms with Crippen LogP contribution in [-0.2, 0) is 32.0 Å². The van der Waals surface area contributed by atoms with Crippen molar-refractivity contribution in [2.75, 3.05) is 6.54 Å². The van der Waals surface area contributed by atoms with Crippen LogP contribution >= 0.6 is 0 Å². The van der Waals surface area contributed by atoms with E-state index in [2.05, 4.69) is 26.3 Å². The van der Waals surface area contributed by atoms with Crippen LogP contribution < -0.4 is 21.3 Å². The molecule has 3 amide bonds. The summed E-state index contributed by atoms with van der Waals surface area (Å²) in [6.07, 6.45) is 3.34. The lowest BCUT2D eigenvalue weighted by Crippen LogP contribution is -2.57. The van der Waals surface area contributed by atoms with Crippen LogP contribution in [0.4, 0.5) is 0 Å². The third kappa shape index (κ3) is 7.14. The Kier molecular flexibility index (Phi) is 8.82. The zero-order valence-electron chi connectivity index (χ0n) is 21.6. The highest BCUT2D eigenvalue weighted by molar-refractivity contribution is 5.94. The summed E-state index contributed by atoms with van der Waals surface area (Å²) in [4.78, 5) is 54.0. The molecule has 2 aromatic carbocycles. The first-order valence-corrected chi connectivity index (χ1v) is 12.9. The smallest absolute Gasteiger partial charge is 0.326 e. The largest absolute Gasteiger partial charge is 0.508 e. The van der Waals surface area contributed by atoms with Crippen molar-refractivity contribution in [1.82, 2.24) is 26.3 Å². The minimum absolute atomic E-state index is 0.0335. The Bertz CT molecular complexity index is 1330. The molecule has 4 unspecified atom stereocenters. The van der Waals surface area contributed by atoms with E-state index in [1.807, 2.05) is 24.3 Å². The quantitative estimate of drug-likeness (QED) is 0.192. The Morgan fingerprint density at radius 3 is 2.36 bits per heavy atom. The van der Waals surface area contributed by atoms with Crippen molar-refractivity contribution < 1.29 is 29.4 Å². The number of hydrogen-bond donors (Lipinski definition) is 7. The van der Waals surface area contributed by atoms with Gasteiger partial charge in [-0.1, -0.05) is 30.3 Å². The monoisotopic (exact) mass is 535 g/mol. The fourth-order valence-electron chi connectivity index (χ4n) is 4.65. The van der Waals surface area contributed by atoms with Gasteiger partial charge in [0.25, 0.3) is 0 Å². The van der Waals surface area contributed by atoms with Crippen molar-refractivity contribution in [2.24, 2.45) is 0 Å². The van der Waals surface area contributed by atoms with E-state index in [1.54, 1.807) is 18.3 Å². The Balaban J connectivity index is 1.47. The molecule has 11 heteroatoms. The van der Waals surface area contributed by atoms with Crippen LogP contribution in [-0.4, -0.2) is 69.6 Å². The van der Waals surface area contributed by atoms with Crippen LogP contribution in [0.2, 0.25) is 0 Å². The number of aromatic hydroxyl groups is 1. The van der Waals surface area contributed by atoms with Gasteiger partial charge in [-0.3, -0.25) is 14.4 Å². The van der Waals surface area contributed by atoms with E-state index in [9.17, 15) is 29.4 Å². The number of phenols is 1. The predicted octanol–water partition coefficient (Wildman–Crippen LogP) is 0.970. The maximum Gasteiger partial charge on any atom is 0.326 e. The van der Waals surface area contributed by atoms with Crippen molar-refractivity contribution in [3.63, 3.8) is 0 Å². The van der Waals surface area contributed by atoms with E-state index < -0.39 is 35.9 Å². The summed E-state index contributed by atoms with van der Waals surface area (Å²) >= 11 is 0. The number of H-pyrrole nitrogens is 1. The molecular weight excluding hydrogens is 502 g/mol. The van der Waals surface area contributed by atoms with Gasteiger partial charge in [0.05, 0.1) is 6.04 Å². The molecule has 4 rings (SSSR count). The molecule has 1 fully saturated rings. The van der Waals surface area contributed by atoms with Crippen LogP contribution in [0.1, 0.15) is 30.9 Å². The molecule has 1 aromatic heterocycles. The number of phenolic OH excluding ortho intramolecular Hbond substituents is 1. The minimum atomic E-state index is -1.25. The zero-order chi connectivity index (χ0) is 27.9. The number of nitrogens with one attached hydrogen (secondary N) is 5. The number of carboxylic acids is 1. The van der Waals surface area contributed by atoms with Crippen LogP contribution in [0, 0.1) is 0 Å². The number of fused-ring (bicyclic) bond motifs is 1. The number of amides is 3. The Hall–Kier alpha value is -4.38. The molecule has 39 heavy (non-hydrogen) atoms. The maximum absolute atomic E-state index is 13.4. The van der Waals surface area contributed by atoms with Crippen LogP contribution in [0.3, 0.4) is 0 Å². The molecule has 11 nitrogen and oxygen atoms in total. The number of para-hydroxylation sites is 1. The molecule has 2 heterocycles. The van der Waals surface area contributed by atoms with Gasteiger partial charge >= 0.3 is 5.97 Å². The number of aromatic amines is 1. The van der Waals surface area contributed by atoms with Crippen LogP contribution in [0.5, 0.6) is 5.75 Å². The number of carboxylic acid groups (broad SMARTS) is 1. The van der Waals surface area contributed by atoms with Crippen molar-refractivity contribution in [3.05, 3.63) is 65.9 Å². The summed E-state index contributed by atoms with van der Waals surface area (Å²) in [6, 6.07) is 9.93. The van der Waals surface area contributed by atoms with Crippen molar-refractivity contribution in [3.8, 4) is 5.75 Å². The highest BCUT2D eigenvalue weighted by Gasteiger charge is 2.30. The number of aromatic nitrogens is 1. The van der Waals surface area contributed by atoms with Crippen molar-refractivity contribution in [1.29, 1.82) is 0 Å². The molecule has 1 aliphatic heterocycles. The Morgan fingerprint density at radius 1 is 0.949 bits per heavy atom. The molecule has 1 saturated heterocycles. The number of aliphatic carboxylic acids is 1. The molecule has 0 spiro atoms. The maximum atomic E-state index is 13.4. The predicted molar refractivity (Wildman–Crippen MR) is 144 cm³/mol. The van der Waals surface area contributed by atoms with E-state index in [4.69, 9.17) is 0 Å². The van der Waals surface area contributed by atoms with Gasteiger partial charge in [-0.25, -0.2) is 4.79 Å². The summed E-state index contributed by atoms with van der Waals surface area (Å²) in [6.45, 7) is 2.26. The summed E-state index contributed by atoms with van der Waals surface area (Å²) in [7, 11) is 0. The first-order valence-electron chi connectivity index (χ1n) is 12.9. The van der Waals surface area contributed by atoms with E-state index in [-0.39, 0.29) is 30.5 Å². The molecule has 7 N–H and O–H groups in total. The van der Waals surface area contributed by atoms with Crippen LogP contribution in [0.25, 0.3) is 10.9 Å². The highest BCUT2D eigenvalue weighted by Crippen LogP contribution is 2.19. The van der Waals surface area contributed by atoms with Gasteiger partial charge in [-0.15, -0.1) is 0 Å². The molecule has 206 valence electrons. The molecule has 4 atom stereocenters. The zero-order valence-corrected chi connectivity index (χ0v) is 21.6. The second-order valence-corrected chi connectivity index (χ2v) is 9.77. The number of benzene rings is 2. The number of carbonyl (C=O) groups excluding carboxylic acids is 3. The van der Waals surface area contributed by atoms with E-state index in [0.717, 1.165) is 29.4 Å². The summed E-state index contributed by atoms with van der Waals surface area (Å²) in [5, 5.41) is 31.3. The second-order valence-electron chi connectivity index (χ2n) is 9.77. The fourth-order valence-corrected chi connectivity index (χ4v) is 4.65. The topological polar surface area (TPSA) is 173 Å². The fraction of sp³-hybridized carbons (Fsp3) is 0.357. The average molecular weight is 536 g/mol. The Morgan fingerprint density at radius 2 is 1.67 bits per heavy atom. The molecule has 1 aliphatic rings. The highest BCUT2D eigenvalue weighted by atomic mass is 16.4. The average Bonchev–Trinajstić information content (AvgIpc) is 3.60. The normalized spacial score (nSPS) is 17.2. The first kappa shape index (κ1) is 27.6. The molecule has 0 bridgehead atoms. The first-order chi connectivity index (χ1) is 18.7. The minimum Gasteiger partial charge on any atom is -0.508 e. The summed E-state index contributed by atoms with van der Waals surface area (Å²) < 4.78 is 0. The van der Waals surface area contributed by atoms with Crippen molar-refractivity contribution in [2.45, 2.75) is 56.8 Å². The molecular formula is C28H33N5O6. The lowest BCUT2D eigenvalue weighted by atomic mass is 10.0. The lowest BCUT2D eigenvalue weighted by molar-refractivity contribution is -0.142. The molecule has 0 aliphatic carbocycles. The van der Waals surface area contributed by atoms with Gasteiger partial charge in [-0.2, -0.15) is 0 Å². The van der Waals surface area contributed by atoms with Crippen molar-refractivity contribution >= 4 is 34.6 Å². The summed E-state index contributed by atoms with van der Waals surface area (Å²) in [5.41, 5.74) is 2.22. The third-order valence-corrected chi connectivity index (χ3v) is 6.85. The SMILES string of the molecule is CC(NC(=O)C1CCCN1)C(=O)NC(Cc1ccc(O)cc1)C(=O)NC(Cc1c[nH]c2ccccc12)C(=O)O. The standard InChI is InChI=1S/C28H33N5O6/c1-16(31-26(36)22-7-4-12-29-22)25(35)32-23(13-17-8-10-19(34)11-9-17)27(37)33-24(28(38)39)14-18-15-30-21-6-3-2-5-20(18)21/h2-3,5-6,8-11,15-16,22-24,29-30,34H,4,7,12-14H2,1H3,(H,31,36)(H,32,35)(H,33,37)(H,38,39). The van der Waals surface area contributed by atoms with E-state index in [0.29, 0.717) is 12.0 Å². The molecule has 0 radical (unpaired) electrons. The van der Waals surface area contributed by atoms with Gasteiger partial charge < -0.3 is 36.5 Å². The third-order valence-electron chi connectivity index (χ3n) is 6.85. The van der Waals surface area contributed by atoms with Gasteiger partial charge in [0, 0.05) is 29.9 Å². The Labute approximate surface area is 225 Å². The van der Waals surface area contributed by atoms with Crippen LogP contribution in [0.15, 0.2) is 54.7 Å². The number of carbonyl (C=O) groups is 4. The second kappa shape index (κ2) is 12.4. The number of rotatable bonds is 11. The number of hydrogen-bond acceptors (Lipinski definition) is 6. The van der Waals surface area contributed by atoms with Gasteiger partial charge in [0.15, 0.2) is 0 Å². The van der Waals surface area contributed by atoms with E-state index >= 15 is 0 Å². The lowest BCUT2D eigenvalue weighted by Gasteiger charge is -2.24. The molecule has 0 saturated carbocycles. The van der Waals surface area contributed by atoms with Gasteiger partial charge in [0.1, 0.15) is 23.9 Å². The van der Waals surface area contributed by atoms with E-state index in [1.165, 1.54) is 19.1 Å². The molecule has 3 aromatic rings. The van der Waals surface area contributed by atoms with Gasteiger partial charge in [-0.05, 0) is 55.6 Å². The summed E-state index contributed by atoms with van der Waals surface area (Å²) in [5.74, 6) is -2.72.